The molecule has 12 nitrogen and oxygen atoms in total. The van der Waals surface area contributed by atoms with E-state index in [1.54, 1.807) is 0 Å². The molecule has 1 rings (SSSR count). The number of aliphatic carboxylic acids is 1. The summed E-state index contributed by atoms with van der Waals surface area (Å²) in [6.45, 7) is 2.45. The lowest BCUT2D eigenvalue weighted by Crippen LogP contribution is -2.34. The highest BCUT2D eigenvalue weighted by Gasteiger charge is 2.36. The molecule has 0 aromatic rings. The normalized spacial score (nSPS) is 18.1. The second kappa shape index (κ2) is 36.2. The molecule has 0 bridgehead atoms. The van der Waals surface area contributed by atoms with Gasteiger partial charge in [0.1, 0.15) is 12.6 Å². The van der Waals surface area contributed by atoms with Crippen molar-refractivity contribution < 1.29 is 52.2 Å². The van der Waals surface area contributed by atoms with E-state index in [9.17, 15) is 23.8 Å². The van der Waals surface area contributed by atoms with Gasteiger partial charge < -0.3 is 29.9 Å². The predicted molar refractivity (Wildman–Crippen MR) is 234 cm³/mol. The summed E-state index contributed by atoms with van der Waals surface area (Å²) in [7, 11) is -4.75. The number of hydrogen-bond donors (Lipinski definition) is 3. The SMILES string of the molecule is CC/C=C\C/C=C\C/C=C\CCCCCCCC(=O)O[C@H](COC(=O)CC/C=C\C/C=C\C/C=C\C/C=C\CC1OC1C/C=C\CC)COP(=O)(O)OC[C@H](N)C(=O)O. The molecule has 1 fully saturated rings. The Balaban J connectivity index is 2.35. The summed E-state index contributed by atoms with van der Waals surface area (Å²) in [4.78, 5) is 45.9. The molecule has 1 aliphatic rings. The molecule has 0 spiro atoms. The van der Waals surface area contributed by atoms with Crippen LogP contribution in [0.3, 0.4) is 0 Å². The van der Waals surface area contributed by atoms with E-state index >= 15 is 0 Å². The molecule has 0 amide bonds. The Morgan fingerprint density at radius 1 is 0.610 bits per heavy atom. The summed E-state index contributed by atoms with van der Waals surface area (Å²) in [5.74, 6) is -2.53. The fourth-order valence-electron chi connectivity index (χ4n) is 5.32. The van der Waals surface area contributed by atoms with E-state index in [0.29, 0.717) is 25.0 Å². The Hall–Kier alpha value is -3.64. The van der Waals surface area contributed by atoms with Gasteiger partial charge in [0.05, 0.1) is 25.4 Å². The smallest absolute Gasteiger partial charge is 0.472 e. The second-order valence-corrected chi connectivity index (χ2v) is 15.5. The topological polar surface area (TPSA) is 184 Å². The number of epoxide rings is 1. The van der Waals surface area contributed by atoms with Crippen LogP contribution in [0.5, 0.6) is 0 Å². The minimum atomic E-state index is -4.75. The van der Waals surface area contributed by atoms with Crippen LogP contribution in [0.25, 0.3) is 0 Å². The Kier molecular flexibility index (Phi) is 32.8. The Morgan fingerprint density at radius 3 is 1.68 bits per heavy atom. The number of carboxylic acid groups (broad SMARTS) is 1. The fraction of sp³-hybridized carbons (Fsp3) is 0.587. The quantitative estimate of drug-likeness (QED) is 0.0177. The van der Waals surface area contributed by atoms with Crippen LogP contribution in [0.4, 0.5) is 0 Å². The highest BCUT2D eigenvalue weighted by molar-refractivity contribution is 7.47. The van der Waals surface area contributed by atoms with Crippen molar-refractivity contribution in [3.63, 3.8) is 0 Å². The molecule has 0 aliphatic carbocycles. The van der Waals surface area contributed by atoms with E-state index in [1.165, 1.54) is 0 Å². The number of carboxylic acids is 1. The minimum Gasteiger partial charge on any atom is -0.480 e. The average Bonchev–Trinajstić information content (AvgIpc) is 3.97. The van der Waals surface area contributed by atoms with Gasteiger partial charge in [-0.2, -0.15) is 0 Å². The van der Waals surface area contributed by atoms with E-state index in [2.05, 4.69) is 103 Å². The average molecular weight is 846 g/mol. The maximum atomic E-state index is 12.6. The number of carbonyl (C=O) groups excluding carboxylic acids is 2. The van der Waals surface area contributed by atoms with E-state index < -0.39 is 57.7 Å². The van der Waals surface area contributed by atoms with Crippen LogP contribution >= 0.6 is 7.82 Å². The van der Waals surface area contributed by atoms with Gasteiger partial charge in [0.15, 0.2) is 6.10 Å². The predicted octanol–water partition coefficient (Wildman–Crippen LogP) is 10.3. The summed E-state index contributed by atoms with van der Waals surface area (Å²) in [6.07, 6.45) is 48.1. The molecular formula is C46H72NO11P. The molecule has 1 heterocycles. The van der Waals surface area contributed by atoms with Crippen LogP contribution in [-0.4, -0.2) is 72.1 Å². The maximum Gasteiger partial charge on any atom is 0.472 e. The lowest BCUT2D eigenvalue weighted by Gasteiger charge is -2.20. The molecule has 1 aliphatic heterocycles. The molecule has 59 heavy (non-hydrogen) atoms. The van der Waals surface area contributed by atoms with E-state index in [-0.39, 0.29) is 12.8 Å². The maximum absolute atomic E-state index is 12.6. The first-order chi connectivity index (χ1) is 28.6. The lowest BCUT2D eigenvalue weighted by molar-refractivity contribution is -0.161. The molecule has 332 valence electrons. The van der Waals surface area contributed by atoms with Crippen LogP contribution in [0.2, 0.25) is 0 Å². The Labute approximate surface area is 353 Å². The van der Waals surface area contributed by atoms with Crippen LogP contribution in [-0.2, 0) is 42.2 Å². The van der Waals surface area contributed by atoms with Gasteiger partial charge in [0, 0.05) is 12.8 Å². The van der Waals surface area contributed by atoms with E-state index in [1.807, 2.05) is 12.2 Å². The molecule has 4 N–H and O–H groups in total. The summed E-state index contributed by atoms with van der Waals surface area (Å²) in [5.41, 5.74) is 5.32. The number of hydrogen-bond acceptors (Lipinski definition) is 10. The number of esters is 2. The molecule has 0 aromatic carbocycles. The van der Waals surface area contributed by atoms with Gasteiger partial charge in [-0.3, -0.25) is 23.4 Å². The standard InChI is InChI=1S/C46H72NO11P/c1-3-5-7-8-9-10-11-12-13-14-19-22-25-28-32-36-45(49)57-40(38-55-59(52,53)56-39-41(47)46(50)51)37-54-44(48)35-31-27-24-21-18-16-15-17-20-23-26-30-34-43-42(58-43)33-29-6-4-2/h5-7,9-10,12-13,16-18,20,24,26-27,29-30,40-43H,3-4,8,11,14-15,19,21-23,25,28,31-39,47H2,1-2H3,(H,50,51)(H,52,53)/b7-5-,10-9-,13-12-,18-16-,20-17-,27-24-,29-6-,30-26-/t40-,41+,42?,43?/m1/s1. The number of allylic oxidation sites excluding steroid dienone is 14. The Morgan fingerprint density at radius 2 is 1.08 bits per heavy atom. The van der Waals surface area contributed by atoms with Crippen molar-refractivity contribution in [2.24, 2.45) is 5.73 Å². The van der Waals surface area contributed by atoms with Crippen LogP contribution in [0, 0.1) is 0 Å². The highest BCUT2D eigenvalue weighted by atomic mass is 31.2. The van der Waals surface area contributed by atoms with Crippen molar-refractivity contribution in [3.05, 3.63) is 97.2 Å². The fourth-order valence-corrected chi connectivity index (χ4v) is 6.10. The first-order valence-corrected chi connectivity index (χ1v) is 22.9. The van der Waals surface area contributed by atoms with Gasteiger partial charge in [0.2, 0.25) is 0 Å². The van der Waals surface area contributed by atoms with Crippen molar-refractivity contribution in [2.75, 3.05) is 19.8 Å². The number of unbranched alkanes of at least 4 members (excludes halogenated alkanes) is 5. The van der Waals surface area contributed by atoms with Gasteiger partial charge in [0.25, 0.3) is 0 Å². The van der Waals surface area contributed by atoms with E-state index in [0.717, 1.165) is 89.9 Å². The molecule has 0 saturated carbocycles. The zero-order valence-corrected chi connectivity index (χ0v) is 36.4. The first-order valence-electron chi connectivity index (χ1n) is 21.4. The lowest BCUT2D eigenvalue weighted by atomic mass is 10.1. The molecule has 1 saturated heterocycles. The van der Waals surface area contributed by atoms with Gasteiger partial charge in [-0.1, -0.05) is 130 Å². The summed E-state index contributed by atoms with van der Waals surface area (Å²) >= 11 is 0. The van der Waals surface area contributed by atoms with Gasteiger partial charge >= 0.3 is 25.7 Å². The zero-order chi connectivity index (χ0) is 43.2. The number of ether oxygens (including phenoxy) is 3. The number of phosphoric ester groups is 1. The number of carbonyl (C=O) groups is 3. The molecule has 5 atom stereocenters. The van der Waals surface area contributed by atoms with Gasteiger partial charge in [-0.15, -0.1) is 0 Å². The summed E-state index contributed by atoms with van der Waals surface area (Å²) < 4.78 is 38.2. The third-order valence-electron chi connectivity index (χ3n) is 8.74. The van der Waals surface area contributed by atoms with Crippen molar-refractivity contribution in [1.29, 1.82) is 0 Å². The Bertz CT molecular complexity index is 1430. The first kappa shape index (κ1) is 53.4. The van der Waals surface area contributed by atoms with E-state index in [4.69, 9.17) is 29.6 Å². The third-order valence-corrected chi connectivity index (χ3v) is 9.69. The molecular weight excluding hydrogens is 773 g/mol. The highest BCUT2D eigenvalue weighted by Crippen LogP contribution is 2.43. The van der Waals surface area contributed by atoms with Crippen molar-refractivity contribution in [1.82, 2.24) is 0 Å². The minimum absolute atomic E-state index is 0.0832. The van der Waals surface area contributed by atoms with Crippen LogP contribution in [0.1, 0.15) is 129 Å². The van der Waals surface area contributed by atoms with Crippen LogP contribution < -0.4 is 5.73 Å². The van der Waals surface area contributed by atoms with Crippen molar-refractivity contribution >= 4 is 25.7 Å². The molecule has 0 aromatic heterocycles. The monoisotopic (exact) mass is 845 g/mol. The second-order valence-electron chi connectivity index (χ2n) is 14.1. The number of nitrogens with two attached hydrogens (primary N) is 1. The van der Waals surface area contributed by atoms with Crippen molar-refractivity contribution in [2.45, 2.75) is 154 Å². The largest absolute Gasteiger partial charge is 0.480 e. The molecule has 3 unspecified atom stereocenters. The summed E-state index contributed by atoms with van der Waals surface area (Å²) in [5, 5.41) is 8.89. The zero-order valence-electron chi connectivity index (χ0n) is 35.5. The molecule has 13 heteroatoms. The van der Waals surface area contributed by atoms with Gasteiger partial charge in [-0.05, 0) is 83.5 Å². The summed E-state index contributed by atoms with van der Waals surface area (Å²) in [6, 6.07) is -1.54. The van der Waals surface area contributed by atoms with Gasteiger partial charge in [-0.25, -0.2) is 4.57 Å². The van der Waals surface area contributed by atoms with Crippen LogP contribution in [0.15, 0.2) is 97.2 Å². The number of phosphoric acid groups is 1. The number of rotatable bonds is 37. The molecule has 0 radical (unpaired) electrons. The third kappa shape index (κ3) is 33.8. The van der Waals surface area contributed by atoms with Crippen molar-refractivity contribution in [3.8, 4) is 0 Å².